The standard InChI is InChI=1S/C17H11N3O3.CH5N/c21-13-9-11-15(6-8-19-16(11)20-17(13)22)23-14-5-1-4-12-10(14)3-2-7-18-12;1-2/h1-8H,9H2,(H,19,20,22);2H2,1H3. The van der Waals surface area contributed by atoms with Crippen LogP contribution in [0.1, 0.15) is 5.56 Å². The van der Waals surface area contributed by atoms with Gasteiger partial charge < -0.3 is 15.8 Å². The highest BCUT2D eigenvalue weighted by molar-refractivity contribution is 6.42. The first kappa shape index (κ1) is 16.5. The maximum atomic E-state index is 11.7. The van der Waals surface area contributed by atoms with Crippen LogP contribution in [0.15, 0.2) is 48.8 Å². The van der Waals surface area contributed by atoms with Gasteiger partial charge in [-0.15, -0.1) is 0 Å². The Morgan fingerprint density at radius 3 is 2.68 bits per heavy atom. The van der Waals surface area contributed by atoms with Crippen molar-refractivity contribution < 1.29 is 14.3 Å². The van der Waals surface area contributed by atoms with Gasteiger partial charge in [-0.1, -0.05) is 6.07 Å². The molecule has 1 aromatic carbocycles. The third kappa shape index (κ3) is 3.17. The van der Waals surface area contributed by atoms with Gasteiger partial charge in [-0.05, 0) is 37.4 Å². The molecule has 25 heavy (non-hydrogen) atoms. The van der Waals surface area contributed by atoms with Crippen LogP contribution in [0.25, 0.3) is 10.9 Å². The highest BCUT2D eigenvalue weighted by Gasteiger charge is 2.27. The van der Waals surface area contributed by atoms with E-state index >= 15 is 0 Å². The number of fused-ring (bicyclic) bond motifs is 2. The van der Waals surface area contributed by atoms with E-state index in [0.29, 0.717) is 22.9 Å². The Labute approximate surface area is 143 Å². The molecule has 0 aliphatic carbocycles. The number of aromatic nitrogens is 2. The van der Waals surface area contributed by atoms with E-state index in [4.69, 9.17) is 4.74 Å². The number of pyridine rings is 2. The number of amides is 1. The first-order chi connectivity index (χ1) is 12.2. The van der Waals surface area contributed by atoms with E-state index in [1.807, 2.05) is 30.3 Å². The Balaban J connectivity index is 0.000000880. The summed E-state index contributed by atoms with van der Waals surface area (Å²) < 4.78 is 5.99. The van der Waals surface area contributed by atoms with Crippen LogP contribution in [0.4, 0.5) is 5.82 Å². The Kier molecular flexibility index (Phi) is 4.67. The van der Waals surface area contributed by atoms with Gasteiger partial charge in [-0.2, -0.15) is 0 Å². The number of rotatable bonds is 2. The van der Waals surface area contributed by atoms with Gasteiger partial charge >= 0.3 is 0 Å². The quantitative estimate of drug-likeness (QED) is 0.694. The molecule has 0 spiro atoms. The number of benzene rings is 1. The van der Waals surface area contributed by atoms with E-state index in [2.05, 4.69) is 21.0 Å². The first-order valence-corrected chi connectivity index (χ1v) is 7.64. The Hall–Kier alpha value is -3.32. The second-order valence-electron chi connectivity index (χ2n) is 5.12. The van der Waals surface area contributed by atoms with Crippen LogP contribution in [-0.2, 0) is 16.0 Å². The number of nitrogens with zero attached hydrogens (tertiary/aromatic N) is 2. The lowest BCUT2D eigenvalue weighted by molar-refractivity contribution is -0.134. The number of hydrogen-bond acceptors (Lipinski definition) is 6. The summed E-state index contributed by atoms with van der Waals surface area (Å²) in [4.78, 5) is 31.5. The normalized spacial score (nSPS) is 12.7. The molecule has 0 fully saturated rings. The number of carbonyl (C=O) groups is 2. The average Bonchev–Trinajstić information content (AvgIpc) is 2.65. The molecule has 0 unspecified atom stereocenters. The van der Waals surface area contributed by atoms with E-state index in [9.17, 15) is 9.59 Å². The second kappa shape index (κ2) is 7.06. The fourth-order valence-corrected chi connectivity index (χ4v) is 2.55. The number of ether oxygens (including phenoxy) is 1. The third-order valence-electron chi connectivity index (χ3n) is 3.66. The number of ketones is 1. The lowest BCUT2D eigenvalue weighted by atomic mass is 10.0. The van der Waals surface area contributed by atoms with Gasteiger partial charge in [0.2, 0.25) is 5.78 Å². The Bertz CT molecular complexity index is 951. The van der Waals surface area contributed by atoms with Crippen LogP contribution >= 0.6 is 0 Å². The lowest BCUT2D eigenvalue weighted by Gasteiger charge is -2.18. The molecule has 0 radical (unpaired) electrons. The molecule has 4 rings (SSSR count). The van der Waals surface area contributed by atoms with Crippen molar-refractivity contribution in [1.82, 2.24) is 9.97 Å². The number of nitrogens with two attached hydrogens (primary N) is 1. The third-order valence-corrected chi connectivity index (χ3v) is 3.66. The second-order valence-corrected chi connectivity index (χ2v) is 5.12. The van der Waals surface area contributed by atoms with Crippen molar-refractivity contribution in [1.29, 1.82) is 0 Å². The van der Waals surface area contributed by atoms with Gasteiger partial charge in [-0.3, -0.25) is 14.6 Å². The molecule has 3 N–H and O–H groups in total. The van der Waals surface area contributed by atoms with E-state index in [1.54, 1.807) is 12.3 Å². The maximum absolute atomic E-state index is 11.7. The average molecular weight is 336 g/mol. The van der Waals surface area contributed by atoms with Crippen molar-refractivity contribution in [2.24, 2.45) is 5.73 Å². The Morgan fingerprint density at radius 2 is 1.84 bits per heavy atom. The molecule has 2 aromatic heterocycles. The van der Waals surface area contributed by atoms with Gasteiger partial charge in [0.05, 0.1) is 5.52 Å². The zero-order valence-corrected chi connectivity index (χ0v) is 13.5. The minimum Gasteiger partial charge on any atom is -0.456 e. The summed E-state index contributed by atoms with van der Waals surface area (Å²) in [6.45, 7) is 0. The Morgan fingerprint density at radius 1 is 1.00 bits per heavy atom. The summed E-state index contributed by atoms with van der Waals surface area (Å²) in [5.41, 5.74) is 5.90. The van der Waals surface area contributed by atoms with Crippen molar-refractivity contribution in [3.63, 3.8) is 0 Å². The molecule has 1 amide bonds. The molecule has 1 aliphatic heterocycles. The van der Waals surface area contributed by atoms with Gasteiger partial charge in [0, 0.05) is 29.8 Å². The van der Waals surface area contributed by atoms with Crippen molar-refractivity contribution in [2.75, 3.05) is 12.4 Å². The number of anilines is 1. The van der Waals surface area contributed by atoms with Crippen molar-refractivity contribution in [3.8, 4) is 11.5 Å². The first-order valence-electron chi connectivity index (χ1n) is 7.64. The molecular formula is C18H16N4O3. The molecular weight excluding hydrogens is 320 g/mol. The van der Waals surface area contributed by atoms with E-state index < -0.39 is 11.7 Å². The summed E-state index contributed by atoms with van der Waals surface area (Å²) >= 11 is 0. The van der Waals surface area contributed by atoms with Crippen LogP contribution in [0.2, 0.25) is 0 Å². The smallest absolute Gasteiger partial charge is 0.293 e. The fraction of sp³-hybridized carbons (Fsp3) is 0.111. The summed E-state index contributed by atoms with van der Waals surface area (Å²) in [5, 5.41) is 3.35. The van der Waals surface area contributed by atoms with Crippen LogP contribution < -0.4 is 15.8 Å². The maximum Gasteiger partial charge on any atom is 0.293 e. The van der Waals surface area contributed by atoms with Gasteiger partial charge in [0.25, 0.3) is 5.91 Å². The minimum atomic E-state index is -0.642. The molecule has 3 heterocycles. The number of carbonyl (C=O) groups excluding carboxylic acids is 2. The summed E-state index contributed by atoms with van der Waals surface area (Å²) in [6.07, 6.45) is 3.23. The molecule has 7 nitrogen and oxygen atoms in total. The molecule has 0 bridgehead atoms. The van der Waals surface area contributed by atoms with Crippen LogP contribution in [0.3, 0.4) is 0 Å². The summed E-state index contributed by atoms with van der Waals surface area (Å²) in [7, 11) is 1.50. The summed E-state index contributed by atoms with van der Waals surface area (Å²) in [5.74, 6) is 0.352. The van der Waals surface area contributed by atoms with Gasteiger partial charge in [0.1, 0.15) is 17.3 Å². The monoisotopic (exact) mass is 336 g/mol. The van der Waals surface area contributed by atoms with Crippen molar-refractivity contribution in [2.45, 2.75) is 6.42 Å². The highest BCUT2D eigenvalue weighted by atomic mass is 16.5. The molecule has 7 heteroatoms. The molecule has 1 aliphatic rings. The molecule has 0 saturated heterocycles. The van der Waals surface area contributed by atoms with Crippen LogP contribution in [0, 0.1) is 0 Å². The molecule has 0 atom stereocenters. The predicted octanol–water partition coefficient (Wildman–Crippen LogP) is 2.06. The van der Waals surface area contributed by atoms with E-state index in [-0.39, 0.29) is 6.42 Å². The fourth-order valence-electron chi connectivity index (χ4n) is 2.55. The molecule has 0 saturated carbocycles. The SMILES string of the molecule is CN.O=C1Cc2c(Oc3cccc4ncccc34)ccnc2NC1=O. The molecule has 126 valence electrons. The topological polar surface area (TPSA) is 107 Å². The zero-order chi connectivity index (χ0) is 17.8. The predicted molar refractivity (Wildman–Crippen MR) is 93.5 cm³/mol. The lowest BCUT2D eigenvalue weighted by Crippen LogP contribution is -2.30. The van der Waals surface area contributed by atoms with Gasteiger partial charge in [-0.25, -0.2) is 4.98 Å². The largest absolute Gasteiger partial charge is 0.456 e. The van der Waals surface area contributed by atoms with E-state index in [1.165, 1.54) is 13.2 Å². The highest BCUT2D eigenvalue weighted by Crippen LogP contribution is 2.34. The van der Waals surface area contributed by atoms with Crippen molar-refractivity contribution >= 4 is 28.4 Å². The summed E-state index contributed by atoms with van der Waals surface area (Å²) in [6, 6.07) is 11.0. The minimum absolute atomic E-state index is 0.0205. The van der Waals surface area contributed by atoms with Crippen LogP contribution in [-0.4, -0.2) is 28.7 Å². The van der Waals surface area contributed by atoms with E-state index in [0.717, 1.165) is 10.9 Å². The zero-order valence-electron chi connectivity index (χ0n) is 13.5. The van der Waals surface area contributed by atoms with Gasteiger partial charge in [0.15, 0.2) is 0 Å². The number of nitrogens with one attached hydrogen (secondary N) is 1. The molecule has 3 aromatic rings. The van der Waals surface area contributed by atoms with Crippen molar-refractivity contribution in [3.05, 3.63) is 54.4 Å². The number of hydrogen-bond donors (Lipinski definition) is 2. The van der Waals surface area contributed by atoms with Crippen LogP contribution in [0.5, 0.6) is 11.5 Å². The number of Topliss-reactive ketones (excluding diaryl/α,β-unsaturated/α-hetero) is 1.